The van der Waals surface area contributed by atoms with Crippen LogP contribution in [0.25, 0.3) is 0 Å². The monoisotopic (exact) mass is 279 g/mol. The second-order valence-electron chi connectivity index (χ2n) is 6.84. The normalized spacial score (nSPS) is 42.8. The number of rotatable bonds is 1. The molecule has 0 N–H and O–H groups in total. The van der Waals surface area contributed by atoms with Crippen molar-refractivity contribution in [2.45, 2.75) is 12.8 Å². The van der Waals surface area contributed by atoms with Gasteiger partial charge in [-0.2, -0.15) is 0 Å². The molecule has 3 heteroatoms. The lowest BCUT2D eigenvalue weighted by Crippen LogP contribution is -2.53. The minimum Gasteiger partial charge on any atom is -0.274 e. The SMILES string of the molecule is O=C1[C@H]2[C@@H]3CC[C@H]([C@H]4C=C[C@@H]43)[C@@H]2C(=O)N1c1ccccc1. The van der Waals surface area contributed by atoms with Gasteiger partial charge in [-0.05, 0) is 48.6 Å². The van der Waals surface area contributed by atoms with Crippen LogP contribution in [-0.2, 0) is 9.59 Å². The Balaban J connectivity index is 1.60. The van der Waals surface area contributed by atoms with Crippen LogP contribution in [0.15, 0.2) is 42.5 Å². The van der Waals surface area contributed by atoms with Crippen molar-refractivity contribution in [3.8, 4) is 0 Å². The van der Waals surface area contributed by atoms with Gasteiger partial charge in [-0.25, -0.2) is 0 Å². The third-order valence-corrected chi connectivity index (χ3v) is 6.16. The van der Waals surface area contributed by atoms with Gasteiger partial charge in [0.15, 0.2) is 0 Å². The quantitative estimate of drug-likeness (QED) is 0.585. The largest absolute Gasteiger partial charge is 0.274 e. The lowest BCUT2D eigenvalue weighted by molar-refractivity contribution is -0.135. The summed E-state index contributed by atoms with van der Waals surface area (Å²) in [5.41, 5.74) is 0.738. The molecule has 2 bridgehead atoms. The molecule has 3 saturated carbocycles. The summed E-state index contributed by atoms with van der Waals surface area (Å²) in [6.45, 7) is 0. The number of hydrogen-bond donors (Lipinski definition) is 0. The van der Waals surface area contributed by atoms with E-state index in [0.29, 0.717) is 23.7 Å². The summed E-state index contributed by atoms with van der Waals surface area (Å²) in [4.78, 5) is 27.3. The van der Waals surface area contributed by atoms with Crippen LogP contribution in [0.3, 0.4) is 0 Å². The molecule has 0 aromatic heterocycles. The molecule has 1 aliphatic heterocycles. The van der Waals surface area contributed by atoms with Crippen LogP contribution >= 0.6 is 0 Å². The van der Waals surface area contributed by atoms with Crippen molar-refractivity contribution in [3.05, 3.63) is 42.5 Å². The number of para-hydroxylation sites is 1. The summed E-state index contributed by atoms with van der Waals surface area (Å²) < 4.78 is 0. The van der Waals surface area contributed by atoms with Gasteiger partial charge in [0.25, 0.3) is 0 Å². The highest BCUT2D eigenvalue weighted by molar-refractivity contribution is 6.22. The average molecular weight is 279 g/mol. The predicted octanol–water partition coefficient (Wildman–Crippen LogP) is 2.63. The Morgan fingerprint density at radius 1 is 0.810 bits per heavy atom. The number of carbonyl (C=O) groups is 2. The predicted molar refractivity (Wildman–Crippen MR) is 78.2 cm³/mol. The Morgan fingerprint density at radius 3 is 1.81 bits per heavy atom. The smallest absolute Gasteiger partial charge is 0.237 e. The van der Waals surface area contributed by atoms with Crippen molar-refractivity contribution in [1.29, 1.82) is 0 Å². The van der Waals surface area contributed by atoms with Crippen LogP contribution in [0.1, 0.15) is 12.8 Å². The number of carbonyl (C=O) groups excluding carboxylic acids is 2. The van der Waals surface area contributed by atoms with E-state index < -0.39 is 0 Å². The molecule has 2 amide bonds. The van der Waals surface area contributed by atoms with Gasteiger partial charge in [-0.3, -0.25) is 14.5 Å². The molecular formula is C18H17NO2. The number of amides is 2. The molecule has 0 spiro atoms. The number of allylic oxidation sites excluding steroid dienone is 2. The molecular weight excluding hydrogens is 262 g/mol. The number of hydrogen-bond acceptors (Lipinski definition) is 2. The molecule has 0 radical (unpaired) electrons. The Labute approximate surface area is 123 Å². The lowest BCUT2D eigenvalue weighted by Gasteiger charge is -2.55. The van der Waals surface area contributed by atoms with E-state index in [1.165, 1.54) is 4.90 Å². The molecule has 4 aliphatic carbocycles. The van der Waals surface area contributed by atoms with Crippen molar-refractivity contribution >= 4 is 17.5 Å². The van der Waals surface area contributed by atoms with Crippen molar-refractivity contribution in [2.24, 2.45) is 35.5 Å². The number of nitrogens with zero attached hydrogens (tertiary/aromatic N) is 1. The molecule has 1 aromatic rings. The molecule has 6 atom stereocenters. The van der Waals surface area contributed by atoms with Crippen molar-refractivity contribution in [2.75, 3.05) is 4.90 Å². The zero-order valence-corrected chi connectivity index (χ0v) is 11.7. The maximum atomic E-state index is 12.9. The van der Waals surface area contributed by atoms with E-state index >= 15 is 0 Å². The molecule has 3 nitrogen and oxygen atoms in total. The van der Waals surface area contributed by atoms with E-state index in [1.54, 1.807) is 0 Å². The fraction of sp³-hybridized carbons (Fsp3) is 0.444. The van der Waals surface area contributed by atoms with Crippen molar-refractivity contribution < 1.29 is 9.59 Å². The number of benzene rings is 1. The molecule has 1 heterocycles. The second kappa shape index (κ2) is 3.85. The van der Waals surface area contributed by atoms with Crippen LogP contribution < -0.4 is 4.90 Å². The number of fused-ring (bicyclic) bond motifs is 1. The number of imide groups is 1. The summed E-state index contributed by atoms with van der Waals surface area (Å²) in [5.74, 6) is 1.84. The minimum absolute atomic E-state index is 0.0460. The van der Waals surface area contributed by atoms with E-state index in [9.17, 15) is 9.59 Å². The summed E-state index contributed by atoms with van der Waals surface area (Å²) >= 11 is 0. The fourth-order valence-electron chi connectivity index (χ4n) is 5.28. The first kappa shape index (κ1) is 11.7. The van der Waals surface area contributed by atoms with E-state index in [2.05, 4.69) is 12.2 Å². The zero-order valence-electron chi connectivity index (χ0n) is 11.7. The highest BCUT2D eigenvalue weighted by Crippen LogP contribution is 2.61. The van der Waals surface area contributed by atoms with Crippen LogP contribution in [0.2, 0.25) is 0 Å². The molecule has 4 fully saturated rings. The average Bonchev–Trinajstić information content (AvgIpc) is 2.73. The molecule has 0 unspecified atom stereocenters. The van der Waals surface area contributed by atoms with Gasteiger partial charge in [0, 0.05) is 0 Å². The Morgan fingerprint density at radius 2 is 1.33 bits per heavy atom. The van der Waals surface area contributed by atoms with Gasteiger partial charge in [0.1, 0.15) is 0 Å². The molecule has 1 aromatic carbocycles. The first-order valence-electron chi connectivity index (χ1n) is 7.88. The Bertz CT molecular complexity index is 627. The first-order valence-corrected chi connectivity index (χ1v) is 7.88. The van der Waals surface area contributed by atoms with Gasteiger partial charge in [0.05, 0.1) is 17.5 Å². The van der Waals surface area contributed by atoms with Crippen molar-refractivity contribution in [1.82, 2.24) is 0 Å². The van der Waals surface area contributed by atoms with E-state index in [4.69, 9.17) is 0 Å². The van der Waals surface area contributed by atoms with Crippen LogP contribution in [0.4, 0.5) is 5.69 Å². The Kier molecular flexibility index (Phi) is 2.15. The third kappa shape index (κ3) is 1.30. The lowest BCUT2D eigenvalue weighted by atomic mass is 9.47. The van der Waals surface area contributed by atoms with Crippen LogP contribution in [0, 0.1) is 35.5 Å². The maximum Gasteiger partial charge on any atom is 0.237 e. The topological polar surface area (TPSA) is 37.4 Å². The summed E-state index contributed by atoms with van der Waals surface area (Å²) in [7, 11) is 0. The van der Waals surface area contributed by atoms with Gasteiger partial charge in [0.2, 0.25) is 11.8 Å². The van der Waals surface area contributed by atoms with E-state index in [0.717, 1.165) is 18.5 Å². The summed E-state index contributed by atoms with van der Waals surface area (Å²) in [6, 6.07) is 9.41. The van der Waals surface area contributed by atoms with Gasteiger partial charge >= 0.3 is 0 Å². The van der Waals surface area contributed by atoms with Crippen molar-refractivity contribution in [3.63, 3.8) is 0 Å². The fourth-order valence-corrected chi connectivity index (χ4v) is 5.28. The van der Waals surface area contributed by atoms with Gasteiger partial charge in [-0.1, -0.05) is 30.4 Å². The molecule has 6 rings (SSSR count). The highest BCUT2D eigenvalue weighted by atomic mass is 16.2. The van der Waals surface area contributed by atoms with E-state index in [-0.39, 0.29) is 23.7 Å². The number of anilines is 1. The second-order valence-corrected chi connectivity index (χ2v) is 6.84. The van der Waals surface area contributed by atoms with Gasteiger partial charge in [-0.15, -0.1) is 0 Å². The standard InChI is InChI=1S/C18H17NO2/c20-17-15-13-8-9-14(12-7-6-11(12)13)16(15)18(21)19(17)10-4-2-1-3-5-10/h1-7,11-16H,8-9H2/t11-,12-,13+,14+,15-,16-/m0/s1. The molecule has 5 aliphatic rings. The highest BCUT2D eigenvalue weighted by Gasteiger charge is 2.64. The van der Waals surface area contributed by atoms with Gasteiger partial charge < -0.3 is 0 Å². The summed E-state index contributed by atoms with van der Waals surface area (Å²) in [5, 5.41) is 0. The molecule has 21 heavy (non-hydrogen) atoms. The minimum atomic E-state index is -0.0670. The van der Waals surface area contributed by atoms with Crippen LogP contribution in [0.5, 0.6) is 0 Å². The third-order valence-electron chi connectivity index (χ3n) is 6.16. The zero-order chi connectivity index (χ0) is 14.1. The Hall–Kier alpha value is -1.90. The molecule has 1 saturated heterocycles. The van der Waals surface area contributed by atoms with E-state index in [1.807, 2.05) is 30.3 Å². The maximum absolute atomic E-state index is 12.9. The first-order chi connectivity index (χ1) is 10.3. The summed E-state index contributed by atoms with van der Waals surface area (Å²) in [6.07, 6.45) is 6.75. The van der Waals surface area contributed by atoms with Crippen LogP contribution in [-0.4, -0.2) is 11.8 Å². The molecule has 106 valence electrons.